The molecule has 1 saturated carbocycles. The first-order valence-electron chi connectivity index (χ1n) is 8.65. The van der Waals surface area contributed by atoms with Gasteiger partial charge in [0, 0.05) is 17.9 Å². The molecule has 3 N–H and O–H groups in total. The van der Waals surface area contributed by atoms with Crippen molar-refractivity contribution in [3.05, 3.63) is 23.8 Å². The second-order valence-corrected chi connectivity index (χ2v) is 6.72. The van der Waals surface area contributed by atoms with E-state index in [2.05, 4.69) is 10.6 Å². The molecule has 6 heteroatoms. The van der Waals surface area contributed by atoms with Crippen LogP contribution >= 0.6 is 0 Å². The summed E-state index contributed by atoms with van der Waals surface area (Å²) in [7, 11) is 1.75. The van der Waals surface area contributed by atoms with Crippen LogP contribution in [0.3, 0.4) is 0 Å². The lowest BCUT2D eigenvalue weighted by Gasteiger charge is -2.30. The molecule has 0 spiro atoms. The van der Waals surface area contributed by atoms with Crippen LogP contribution in [0.2, 0.25) is 0 Å². The Morgan fingerprint density at radius 1 is 1.25 bits per heavy atom. The van der Waals surface area contributed by atoms with Crippen molar-refractivity contribution in [2.45, 2.75) is 44.1 Å². The highest BCUT2D eigenvalue weighted by Gasteiger charge is 2.38. The highest BCUT2D eigenvalue weighted by atomic mass is 16.3. The van der Waals surface area contributed by atoms with E-state index in [0.717, 1.165) is 36.9 Å². The van der Waals surface area contributed by atoms with E-state index in [1.165, 1.54) is 0 Å². The van der Waals surface area contributed by atoms with Gasteiger partial charge in [-0.2, -0.15) is 0 Å². The number of amides is 2. The minimum atomic E-state index is -1.25. The van der Waals surface area contributed by atoms with Crippen LogP contribution in [0.25, 0.3) is 0 Å². The largest absolute Gasteiger partial charge is 0.380 e. The van der Waals surface area contributed by atoms with Gasteiger partial charge in [0.1, 0.15) is 5.60 Å². The molecule has 0 saturated heterocycles. The molecule has 1 aliphatic carbocycles. The first-order valence-corrected chi connectivity index (χ1v) is 8.65. The maximum absolute atomic E-state index is 12.4. The summed E-state index contributed by atoms with van der Waals surface area (Å²) in [5.74, 6) is -0.319. The summed E-state index contributed by atoms with van der Waals surface area (Å²) in [5, 5.41) is 16.1. The normalized spacial score (nSPS) is 19.0. The summed E-state index contributed by atoms with van der Waals surface area (Å²) in [4.78, 5) is 26.4. The second kappa shape index (κ2) is 6.91. The summed E-state index contributed by atoms with van der Waals surface area (Å²) in [6, 6.07) is 5.65. The van der Waals surface area contributed by atoms with E-state index in [-0.39, 0.29) is 18.4 Å². The number of likely N-dealkylation sites (N-methyl/N-ethyl adjacent to an activating group) is 1. The monoisotopic (exact) mass is 331 g/mol. The van der Waals surface area contributed by atoms with Crippen molar-refractivity contribution >= 4 is 23.2 Å². The van der Waals surface area contributed by atoms with Gasteiger partial charge >= 0.3 is 0 Å². The maximum atomic E-state index is 12.4. The molecule has 24 heavy (non-hydrogen) atoms. The standard InChI is InChI=1S/C18H25N3O3/c1-19-12-16(22)21-10-4-5-13-6-7-14(11-15(13)21)20-17(23)18(24)8-2-3-9-18/h6-7,11,19,24H,2-5,8-10,12H2,1H3,(H,20,23). The number of hydrogen-bond donors (Lipinski definition) is 3. The summed E-state index contributed by atoms with van der Waals surface area (Å²) in [6.45, 7) is 0.977. The fourth-order valence-electron chi connectivity index (χ4n) is 3.59. The van der Waals surface area contributed by atoms with Crippen LogP contribution in [-0.2, 0) is 16.0 Å². The number of nitrogens with zero attached hydrogens (tertiary/aromatic N) is 1. The van der Waals surface area contributed by atoms with E-state index in [4.69, 9.17) is 0 Å². The fraction of sp³-hybridized carbons (Fsp3) is 0.556. The summed E-state index contributed by atoms with van der Waals surface area (Å²) >= 11 is 0. The van der Waals surface area contributed by atoms with Crippen molar-refractivity contribution in [3.8, 4) is 0 Å². The Kier molecular flexibility index (Phi) is 4.87. The Morgan fingerprint density at radius 3 is 2.71 bits per heavy atom. The average Bonchev–Trinajstić information content (AvgIpc) is 3.02. The van der Waals surface area contributed by atoms with Crippen molar-refractivity contribution in [2.24, 2.45) is 0 Å². The number of aliphatic hydroxyl groups is 1. The second-order valence-electron chi connectivity index (χ2n) is 6.72. The predicted molar refractivity (Wildman–Crippen MR) is 93.1 cm³/mol. The smallest absolute Gasteiger partial charge is 0.256 e. The fourth-order valence-corrected chi connectivity index (χ4v) is 3.59. The van der Waals surface area contributed by atoms with Gasteiger partial charge < -0.3 is 20.6 Å². The van der Waals surface area contributed by atoms with Gasteiger partial charge in [-0.25, -0.2) is 0 Å². The first-order chi connectivity index (χ1) is 11.5. The third kappa shape index (κ3) is 3.30. The molecule has 6 nitrogen and oxygen atoms in total. The van der Waals surface area contributed by atoms with Crippen molar-refractivity contribution in [2.75, 3.05) is 30.4 Å². The predicted octanol–water partition coefficient (Wildman–Crippen LogP) is 1.43. The molecule has 2 amide bonds. The number of nitrogens with one attached hydrogen (secondary N) is 2. The van der Waals surface area contributed by atoms with Gasteiger partial charge in [0.15, 0.2) is 0 Å². The lowest BCUT2D eigenvalue weighted by atomic mass is 9.99. The molecule has 1 fully saturated rings. The Labute approximate surface area is 142 Å². The zero-order chi connectivity index (χ0) is 17.2. The average molecular weight is 331 g/mol. The van der Waals surface area contributed by atoms with E-state index in [9.17, 15) is 14.7 Å². The molecule has 0 radical (unpaired) electrons. The lowest BCUT2D eigenvalue weighted by molar-refractivity contribution is -0.133. The molecular weight excluding hydrogens is 306 g/mol. The number of fused-ring (bicyclic) bond motifs is 1. The number of hydrogen-bond acceptors (Lipinski definition) is 4. The quantitative estimate of drug-likeness (QED) is 0.779. The molecule has 130 valence electrons. The van der Waals surface area contributed by atoms with Crippen LogP contribution in [-0.4, -0.2) is 42.7 Å². The molecular formula is C18H25N3O3. The van der Waals surface area contributed by atoms with Gasteiger partial charge in [-0.05, 0) is 63.3 Å². The van der Waals surface area contributed by atoms with Crippen LogP contribution in [0, 0.1) is 0 Å². The topological polar surface area (TPSA) is 81.7 Å². The molecule has 3 rings (SSSR count). The van der Waals surface area contributed by atoms with Crippen molar-refractivity contribution in [3.63, 3.8) is 0 Å². The highest BCUT2D eigenvalue weighted by molar-refractivity contribution is 6.00. The number of aryl methyl sites for hydroxylation is 1. The number of carbonyl (C=O) groups is 2. The zero-order valence-corrected chi connectivity index (χ0v) is 14.1. The van der Waals surface area contributed by atoms with Crippen LogP contribution < -0.4 is 15.5 Å². The van der Waals surface area contributed by atoms with E-state index in [1.54, 1.807) is 11.9 Å². The van der Waals surface area contributed by atoms with E-state index in [1.807, 2.05) is 18.2 Å². The molecule has 0 bridgehead atoms. The highest BCUT2D eigenvalue weighted by Crippen LogP contribution is 2.33. The zero-order valence-electron chi connectivity index (χ0n) is 14.1. The first kappa shape index (κ1) is 16.9. The lowest BCUT2D eigenvalue weighted by Crippen LogP contribution is -2.41. The molecule has 1 aliphatic heterocycles. The van der Waals surface area contributed by atoms with Gasteiger partial charge in [0.25, 0.3) is 5.91 Å². The maximum Gasteiger partial charge on any atom is 0.256 e. The molecule has 0 aromatic heterocycles. The van der Waals surface area contributed by atoms with Gasteiger partial charge in [0.05, 0.1) is 6.54 Å². The summed E-state index contributed by atoms with van der Waals surface area (Å²) < 4.78 is 0. The van der Waals surface area contributed by atoms with Gasteiger partial charge in [-0.15, -0.1) is 0 Å². The number of benzene rings is 1. The van der Waals surface area contributed by atoms with E-state index in [0.29, 0.717) is 25.1 Å². The third-order valence-electron chi connectivity index (χ3n) is 4.94. The Morgan fingerprint density at radius 2 is 2.00 bits per heavy atom. The van der Waals surface area contributed by atoms with E-state index < -0.39 is 5.60 Å². The Hall–Kier alpha value is -1.92. The SMILES string of the molecule is CNCC(=O)N1CCCc2ccc(NC(=O)C3(O)CCCC3)cc21. The molecule has 0 atom stereocenters. The molecule has 1 aromatic carbocycles. The van der Waals surface area contributed by atoms with Crippen molar-refractivity contribution in [1.82, 2.24) is 5.32 Å². The van der Waals surface area contributed by atoms with Crippen LogP contribution in [0.4, 0.5) is 11.4 Å². The summed E-state index contributed by atoms with van der Waals surface area (Å²) in [5.41, 5.74) is 1.35. The summed E-state index contributed by atoms with van der Waals surface area (Å²) in [6.07, 6.45) is 4.64. The van der Waals surface area contributed by atoms with Crippen LogP contribution in [0.5, 0.6) is 0 Å². The Bertz CT molecular complexity index is 638. The van der Waals surface area contributed by atoms with Gasteiger partial charge in [-0.3, -0.25) is 9.59 Å². The van der Waals surface area contributed by atoms with E-state index >= 15 is 0 Å². The number of carbonyl (C=O) groups excluding carboxylic acids is 2. The molecule has 1 heterocycles. The Balaban J connectivity index is 1.80. The van der Waals surface area contributed by atoms with Gasteiger partial charge in [0.2, 0.25) is 5.91 Å². The van der Waals surface area contributed by atoms with Crippen LogP contribution in [0.15, 0.2) is 18.2 Å². The van der Waals surface area contributed by atoms with Crippen molar-refractivity contribution < 1.29 is 14.7 Å². The number of rotatable bonds is 4. The number of anilines is 2. The molecule has 0 unspecified atom stereocenters. The van der Waals surface area contributed by atoms with Crippen molar-refractivity contribution in [1.29, 1.82) is 0 Å². The van der Waals surface area contributed by atoms with Crippen LogP contribution in [0.1, 0.15) is 37.7 Å². The third-order valence-corrected chi connectivity index (χ3v) is 4.94. The minimum Gasteiger partial charge on any atom is -0.380 e. The minimum absolute atomic E-state index is 0.0244. The molecule has 1 aromatic rings. The molecule has 2 aliphatic rings. The van der Waals surface area contributed by atoms with Gasteiger partial charge in [-0.1, -0.05) is 6.07 Å².